The Morgan fingerprint density at radius 3 is 2.53 bits per heavy atom. The fourth-order valence-corrected chi connectivity index (χ4v) is 1.93. The molecule has 3 nitrogen and oxygen atoms in total. The second-order valence-electron chi connectivity index (χ2n) is 4.02. The molecule has 5 heteroatoms. The average molecular weight is 326 g/mol. The molecule has 0 aromatic heterocycles. The lowest BCUT2D eigenvalue weighted by atomic mass is 10.1. The number of hydrogen-bond donors (Lipinski definition) is 2. The highest BCUT2D eigenvalue weighted by molar-refractivity contribution is 9.10. The normalized spacial score (nSPS) is 10.5. The Bertz CT molecular complexity index is 572. The summed E-state index contributed by atoms with van der Waals surface area (Å²) in [6.45, 7) is 0.109. The smallest absolute Gasteiger partial charge is 0.151 e. The number of ether oxygens (including phenoxy) is 1. The van der Waals surface area contributed by atoms with Crippen LogP contribution in [-0.4, -0.2) is 11.7 Å². The maximum atomic E-state index is 13.2. The second-order valence-corrected chi connectivity index (χ2v) is 4.88. The molecule has 0 radical (unpaired) electrons. The van der Waals surface area contributed by atoms with Crippen molar-refractivity contribution in [3.8, 4) is 11.5 Å². The number of aliphatic hydroxyl groups excluding tert-OH is 1. The molecular weight excluding hydrogens is 313 g/mol. The number of rotatable bonds is 4. The van der Waals surface area contributed by atoms with E-state index in [1.807, 2.05) is 12.1 Å². The second kappa shape index (κ2) is 6.04. The number of aliphatic hydroxyl groups is 1. The zero-order valence-corrected chi connectivity index (χ0v) is 11.7. The summed E-state index contributed by atoms with van der Waals surface area (Å²) in [5, 5.41) is 8.83. The van der Waals surface area contributed by atoms with Crippen molar-refractivity contribution < 1.29 is 14.2 Å². The first-order valence-electron chi connectivity index (χ1n) is 5.72. The highest BCUT2D eigenvalue weighted by Gasteiger charge is 2.08. The lowest BCUT2D eigenvalue weighted by Crippen LogP contribution is -1.95. The Morgan fingerprint density at radius 1 is 1.21 bits per heavy atom. The van der Waals surface area contributed by atoms with Gasteiger partial charge in [0.05, 0.1) is 10.2 Å². The van der Waals surface area contributed by atoms with Crippen molar-refractivity contribution in [2.75, 3.05) is 12.3 Å². The SMILES string of the molecule is Nc1cc(F)c(Br)cc1Oc1ccc(CCO)cc1. The molecule has 0 aliphatic heterocycles. The summed E-state index contributed by atoms with van der Waals surface area (Å²) >= 11 is 3.09. The highest BCUT2D eigenvalue weighted by atomic mass is 79.9. The van der Waals surface area contributed by atoms with Gasteiger partial charge in [-0.1, -0.05) is 12.1 Å². The monoisotopic (exact) mass is 325 g/mol. The zero-order chi connectivity index (χ0) is 13.8. The maximum Gasteiger partial charge on any atom is 0.151 e. The molecule has 100 valence electrons. The van der Waals surface area contributed by atoms with Crippen molar-refractivity contribution in [3.05, 3.63) is 52.3 Å². The third-order valence-electron chi connectivity index (χ3n) is 2.60. The van der Waals surface area contributed by atoms with Gasteiger partial charge in [0.2, 0.25) is 0 Å². The van der Waals surface area contributed by atoms with Gasteiger partial charge < -0.3 is 15.6 Å². The molecule has 0 saturated heterocycles. The van der Waals surface area contributed by atoms with Crippen LogP contribution in [-0.2, 0) is 6.42 Å². The van der Waals surface area contributed by atoms with Gasteiger partial charge in [-0.3, -0.25) is 0 Å². The van der Waals surface area contributed by atoms with Crippen LogP contribution in [0.4, 0.5) is 10.1 Å². The zero-order valence-electron chi connectivity index (χ0n) is 10.1. The molecule has 0 unspecified atom stereocenters. The molecule has 0 fully saturated rings. The van der Waals surface area contributed by atoms with E-state index in [1.165, 1.54) is 12.1 Å². The quantitative estimate of drug-likeness (QED) is 0.846. The molecule has 0 saturated carbocycles. The van der Waals surface area contributed by atoms with E-state index in [2.05, 4.69) is 15.9 Å². The summed E-state index contributed by atoms with van der Waals surface area (Å²) in [7, 11) is 0. The third kappa shape index (κ3) is 3.45. The van der Waals surface area contributed by atoms with Crippen LogP contribution in [0.3, 0.4) is 0 Å². The van der Waals surface area contributed by atoms with E-state index in [9.17, 15) is 4.39 Å². The van der Waals surface area contributed by atoms with Crippen LogP contribution >= 0.6 is 15.9 Å². The molecule has 0 aliphatic carbocycles. The van der Waals surface area contributed by atoms with Crippen LogP contribution in [0.15, 0.2) is 40.9 Å². The maximum absolute atomic E-state index is 13.2. The lowest BCUT2D eigenvalue weighted by Gasteiger charge is -2.10. The van der Waals surface area contributed by atoms with Crippen molar-refractivity contribution in [3.63, 3.8) is 0 Å². The van der Waals surface area contributed by atoms with Crippen molar-refractivity contribution >= 4 is 21.6 Å². The van der Waals surface area contributed by atoms with E-state index in [-0.39, 0.29) is 12.3 Å². The number of halogens is 2. The molecule has 0 bridgehead atoms. The van der Waals surface area contributed by atoms with Crippen molar-refractivity contribution in [1.29, 1.82) is 0 Å². The van der Waals surface area contributed by atoms with Gasteiger partial charge in [0, 0.05) is 18.7 Å². The van der Waals surface area contributed by atoms with Crippen LogP contribution < -0.4 is 10.5 Å². The molecular formula is C14H13BrFNO2. The largest absolute Gasteiger partial charge is 0.455 e. The van der Waals surface area contributed by atoms with Gasteiger partial charge in [-0.25, -0.2) is 4.39 Å². The summed E-state index contributed by atoms with van der Waals surface area (Å²) in [5.41, 5.74) is 6.95. The van der Waals surface area contributed by atoms with E-state index in [0.717, 1.165) is 5.56 Å². The summed E-state index contributed by atoms with van der Waals surface area (Å²) < 4.78 is 19.1. The van der Waals surface area contributed by atoms with E-state index in [1.54, 1.807) is 12.1 Å². The van der Waals surface area contributed by atoms with Gasteiger partial charge in [-0.15, -0.1) is 0 Å². The van der Waals surface area contributed by atoms with Crippen LogP contribution in [0.1, 0.15) is 5.56 Å². The van der Waals surface area contributed by atoms with E-state index in [0.29, 0.717) is 22.4 Å². The molecule has 0 aliphatic rings. The third-order valence-corrected chi connectivity index (χ3v) is 3.21. The minimum Gasteiger partial charge on any atom is -0.455 e. The molecule has 3 N–H and O–H groups in total. The summed E-state index contributed by atoms with van der Waals surface area (Å²) in [6, 6.07) is 9.98. The predicted molar refractivity (Wildman–Crippen MR) is 75.8 cm³/mol. The minimum absolute atomic E-state index is 0.109. The molecule has 0 atom stereocenters. The first kappa shape index (κ1) is 13.8. The van der Waals surface area contributed by atoms with Crippen LogP contribution in [0.5, 0.6) is 11.5 Å². The van der Waals surface area contributed by atoms with Gasteiger partial charge in [-0.2, -0.15) is 0 Å². The summed E-state index contributed by atoms with van der Waals surface area (Å²) in [6.07, 6.45) is 0.602. The minimum atomic E-state index is -0.428. The Hall–Kier alpha value is -1.59. The molecule has 19 heavy (non-hydrogen) atoms. The molecule has 0 spiro atoms. The van der Waals surface area contributed by atoms with E-state index in [4.69, 9.17) is 15.6 Å². The first-order valence-corrected chi connectivity index (χ1v) is 6.51. The standard InChI is InChI=1S/C14H13BrFNO2/c15-11-7-14(13(17)8-12(11)16)19-10-3-1-9(2-4-10)5-6-18/h1-4,7-8,18H,5-6,17H2. The van der Waals surface area contributed by atoms with Crippen molar-refractivity contribution in [1.82, 2.24) is 0 Å². The number of hydrogen-bond acceptors (Lipinski definition) is 3. The number of nitrogen functional groups attached to an aromatic ring is 1. The molecule has 0 heterocycles. The average Bonchev–Trinajstić information content (AvgIpc) is 2.38. The van der Waals surface area contributed by atoms with Gasteiger partial charge in [0.25, 0.3) is 0 Å². The first-order chi connectivity index (χ1) is 9.10. The Balaban J connectivity index is 2.19. The number of nitrogens with two attached hydrogens (primary N) is 1. The molecule has 2 rings (SSSR count). The van der Waals surface area contributed by atoms with Crippen molar-refractivity contribution in [2.24, 2.45) is 0 Å². The van der Waals surface area contributed by atoms with Gasteiger partial charge in [0.15, 0.2) is 5.75 Å². The number of anilines is 1. The topological polar surface area (TPSA) is 55.5 Å². The Labute approximate surface area is 118 Å². The molecule has 0 amide bonds. The van der Waals surface area contributed by atoms with Gasteiger partial charge in [-0.05, 0) is 40.0 Å². The van der Waals surface area contributed by atoms with Gasteiger partial charge in [0.1, 0.15) is 11.6 Å². The lowest BCUT2D eigenvalue weighted by molar-refractivity contribution is 0.299. The predicted octanol–water partition coefficient (Wildman–Crippen LogP) is 3.50. The fraction of sp³-hybridized carbons (Fsp3) is 0.143. The number of benzene rings is 2. The molecule has 2 aromatic carbocycles. The fourth-order valence-electron chi connectivity index (χ4n) is 1.61. The summed E-state index contributed by atoms with van der Waals surface area (Å²) in [4.78, 5) is 0. The van der Waals surface area contributed by atoms with E-state index < -0.39 is 5.82 Å². The highest BCUT2D eigenvalue weighted by Crippen LogP contribution is 2.32. The van der Waals surface area contributed by atoms with Gasteiger partial charge >= 0.3 is 0 Å². The van der Waals surface area contributed by atoms with Crippen LogP contribution in [0.2, 0.25) is 0 Å². The molecule has 2 aromatic rings. The van der Waals surface area contributed by atoms with Crippen LogP contribution in [0, 0.1) is 5.82 Å². The Morgan fingerprint density at radius 2 is 1.89 bits per heavy atom. The van der Waals surface area contributed by atoms with Crippen LogP contribution in [0.25, 0.3) is 0 Å². The summed E-state index contributed by atoms with van der Waals surface area (Å²) in [5.74, 6) is 0.568. The van der Waals surface area contributed by atoms with Crippen molar-refractivity contribution in [2.45, 2.75) is 6.42 Å². The van der Waals surface area contributed by atoms with E-state index >= 15 is 0 Å². The Kier molecular flexibility index (Phi) is 4.39.